The van der Waals surface area contributed by atoms with Gasteiger partial charge in [-0.05, 0) is 38.7 Å². The Balaban J connectivity index is 2.15. The predicted octanol–water partition coefficient (Wildman–Crippen LogP) is 4.05. The average molecular weight is 247 g/mol. The fourth-order valence-electron chi connectivity index (χ4n) is 2.86. The molecule has 100 valence electrons. The Morgan fingerprint density at radius 2 is 1.78 bits per heavy atom. The summed E-state index contributed by atoms with van der Waals surface area (Å²) in [5, 5.41) is 0. The molecule has 1 aromatic rings. The van der Waals surface area contributed by atoms with E-state index in [4.69, 9.17) is 10.5 Å². The second-order valence-corrected chi connectivity index (χ2v) is 5.63. The van der Waals surface area contributed by atoms with E-state index in [0.717, 1.165) is 5.75 Å². The van der Waals surface area contributed by atoms with Crippen LogP contribution < -0.4 is 10.5 Å². The van der Waals surface area contributed by atoms with Gasteiger partial charge in [-0.2, -0.15) is 0 Å². The van der Waals surface area contributed by atoms with Gasteiger partial charge in [0.15, 0.2) is 0 Å². The van der Waals surface area contributed by atoms with Crippen molar-refractivity contribution in [2.75, 3.05) is 0 Å². The summed E-state index contributed by atoms with van der Waals surface area (Å²) in [6, 6.07) is 8.37. The van der Waals surface area contributed by atoms with Gasteiger partial charge in [-0.1, -0.05) is 37.5 Å². The van der Waals surface area contributed by atoms with Crippen molar-refractivity contribution in [3.63, 3.8) is 0 Å². The normalized spacial score (nSPS) is 18.9. The van der Waals surface area contributed by atoms with Crippen molar-refractivity contribution in [1.29, 1.82) is 0 Å². The first-order valence-corrected chi connectivity index (χ1v) is 7.19. The third-order valence-corrected chi connectivity index (χ3v) is 3.80. The van der Waals surface area contributed by atoms with E-state index in [1.807, 2.05) is 12.1 Å². The van der Waals surface area contributed by atoms with Crippen LogP contribution in [-0.4, -0.2) is 6.10 Å². The molecular formula is C16H25NO. The van der Waals surface area contributed by atoms with Crippen LogP contribution in [0.3, 0.4) is 0 Å². The van der Waals surface area contributed by atoms with E-state index in [1.54, 1.807) is 0 Å². The number of para-hydroxylation sites is 1. The molecule has 1 saturated carbocycles. The third kappa shape index (κ3) is 3.26. The average Bonchev–Trinajstić information content (AvgIpc) is 2.39. The van der Waals surface area contributed by atoms with Crippen LogP contribution in [0.25, 0.3) is 0 Å². The van der Waals surface area contributed by atoms with Gasteiger partial charge >= 0.3 is 0 Å². The van der Waals surface area contributed by atoms with Crippen molar-refractivity contribution in [2.24, 2.45) is 11.7 Å². The van der Waals surface area contributed by atoms with Crippen LogP contribution in [-0.2, 0) is 0 Å². The second kappa shape index (κ2) is 6.24. The molecular weight excluding hydrogens is 222 g/mol. The summed E-state index contributed by atoms with van der Waals surface area (Å²) in [5.41, 5.74) is 7.65. The molecule has 0 aliphatic heterocycles. The van der Waals surface area contributed by atoms with Gasteiger partial charge < -0.3 is 10.5 Å². The van der Waals surface area contributed by atoms with E-state index in [2.05, 4.69) is 26.0 Å². The first-order chi connectivity index (χ1) is 8.68. The largest absolute Gasteiger partial charge is 0.491 e. The van der Waals surface area contributed by atoms with Crippen molar-refractivity contribution in [3.8, 4) is 5.75 Å². The quantitative estimate of drug-likeness (QED) is 0.871. The fourth-order valence-corrected chi connectivity index (χ4v) is 2.86. The van der Waals surface area contributed by atoms with E-state index < -0.39 is 0 Å². The molecule has 1 aliphatic rings. The van der Waals surface area contributed by atoms with Crippen molar-refractivity contribution < 1.29 is 4.74 Å². The Hall–Kier alpha value is -1.02. The molecule has 0 unspecified atom stereocenters. The van der Waals surface area contributed by atoms with E-state index in [9.17, 15) is 0 Å². The smallest absolute Gasteiger partial charge is 0.124 e. The highest BCUT2D eigenvalue weighted by Crippen LogP contribution is 2.36. The highest BCUT2D eigenvalue weighted by Gasteiger charge is 2.24. The maximum Gasteiger partial charge on any atom is 0.124 e. The molecule has 0 aromatic heterocycles. The Bertz CT molecular complexity index is 369. The summed E-state index contributed by atoms with van der Waals surface area (Å²) in [6.45, 7) is 4.12. The van der Waals surface area contributed by atoms with E-state index in [0.29, 0.717) is 5.92 Å². The number of nitrogens with two attached hydrogens (primary N) is 1. The molecule has 1 aromatic carbocycles. The van der Waals surface area contributed by atoms with Gasteiger partial charge in [-0.25, -0.2) is 0 Å². The summed E-state index contributed by atoms with van der Waals surface area (Å²) < 4.78 is 5.88. The van der Waals surface area contributed by atoms with Crippen molar-refractivity contribution in [2.45, 2.75) is 58.1 Å². The van der Waals surface area contributed by atoms with E-state index in [-0.39, 0.29) is 12.1 Å². The Labute approximate surface area is 111 Å². The van der Waals surface area contributed by atoms with Gasteiger partial charge in [0.25, 0.3) is 0 Å². The lowest BCUT2D eigenvalue weighted by Crippen LogP contribution is -2.24. The Morgan fingerprint density at radius 3 is 2.44 bits per heavy atom. The highest BCUT2D eigenvalue weighted by molar-refractivity contribution is 5.36. The topological polar surface area (TPSA) is 35.2 Å². The molecule has 1 atom stereocenters. The number of benzene rings is 1. The van der Waals surface area contributed by atoms with Crippen LogP contribution in [0.4, 0.5) is 0 Å². The molecule has 0 saturated heterocycles. The van der Waals surface area contributed by atoms with E-state index in [1.165, 1.54) is 37.7 Å². The minimum absolute atomic E-state index is 0.125. The van der Waals surface area contributed by atoms with Crippen LogP contribution in [0.2, 0.25) is 0 Å². The maximum absolute atomic E-state index is 6.47. The Morgan fingerprint density at radius 1 is 1.11 bits per heavy atom. The molecule has 1 aliphatic carbocycles. The highest BCUT2D eigenvalue weighted by atomic mass is 16.5. The monoisotopic (exact) mass is 247 g/mol. The van der Waals surface area contributed by atoms with Gasteiger partial charge in [0, 0.05) is 11.6 Å². The van der Waals surface area contributed by atoms with Gasteiger partial charge in [-0.3, -0.25) is 0 Å². The SMILES string of the molecule is CC(C)Oc1ccccc1[C@@H](N)C1CCCCC1. The van der Waals surface area contributed by atoms with Gasteiger partial charge in [0.2, 0.25) is 0 Å². The molecule has 0 spiro atoms. The number of ether oxygens (including phenoxy) is 1. The lowest BCUT2D eigenvalue weighted by atomic mass is 9.81. The van der Waals surface area contributed by atoms with E-state index >= 15 is 0 Å². The molecule has 2 heteroatoms. The van der Waals surface area contributed by atoms with Gasteiger partial charge in [0.05, 0.1) is 6.10 Å². The first kappa shape index (κ1) is 13.4. The summed E-state index contributed by atoms with van der Waals surface area (Å²) >= 11 is 0. The molecule has 0 amide bonds. The second-order valence-electron chi connectivity index (χ2n) is 5.63. The van der Waals surface area contributed by atoms with Gasteiger partial charge in [-0.15, -0.1) is 0 Å². The lowest BCUT2D eigenvalue weighted by Gasteiger charge is -2.29. The van der Waals surface area contributed by atoms with Crippen LogP contribution in [0, 0.1) is 5.92 Å². The molecule has 2 nitrogen and oxygen atoms in total. The molecule has 18 heavy (non-hydrogen) atoms. The van der Waals surface area contributed by atoms with Crippen LogP contribution >= 0.6 is 0 Å². The zero-order valence-electron chi connectivity index (χ0n) is 11.6. The standard InChI is InChI=1S/C16H25NO/c1-12(2)18-15-11-7-6-10-14(15)16(17)13-8-4-3-5-9-13/h6-7,10-13,16H,3-5,8-9,17H2,1-2H3/t16-/m0/s1. The van der Waals surface area contributed by atoms with Crippen LogP contribution in [0.15, 0.2) is 24.3 Å². The van der Waals surface area contributed by atoms with Gasteiger partial charge in [0.1, 0.15) is 5.75 Å². The first-order valence-electron chi connectivity index (χ1n) is 7.19. The minimum atomic E-state index is 0.125. The predicted molar refractivity (Wildman–Crippen MR) is 75.7 cm³/mol. The minimum Gasteiger partial charge on any atom is -0.491 e. The summed E-state index contributed by atoms with van der Waals surface area (Å²) in [7, 11) is 0. The molecule has 0 radical (unpaired) electrons. The summed E-state index contributed by atoms with van der Waals surface area (Å²) in [5.74, 6) is 1.58. The number of hydrogen-bond acceptors (Lipinski definition) is 2. The molecule has 0 heterocycles. The zero-order chi connectivity index (χ0) is 13.0. The lowest BCUT2D eigenvalue weighted by molar-refractivity contribution is 0.232. The van der Waals surface area contributed by atoms with Crippen molar-refractivity contribution >= 4 is 0 Å². The van der Waals surface area contributed by atoms with Crippen molar-refractivity contribution in [1.82, 2.24) is 0 Å². The zero-order valence-corrected chi connectivity index (χ0v) is 11.6. The Kier molecular flexibility index (Phi) is 4.65. The fraction of sp³-hybridized carbons (Fsp3) is 0.625. The number of rotatable bonds is 4. The maximum atomic E-state index is 6.47. The molecule has 2 N–H and O–H groups in total. The van der Waals surface area contributed by atoms with Crippen molar-refractivity contribution in [3.05, 3.63) is 29.8 Å². The summed E-state index contributed by atoms with van der Waals surface area (Å²) in [6.07, 6.45) is 6.74. The molecule has 2 rings (SSSR count). The summed E-state index contributed by atoms with van der Waals surface area (Å²) in [4.78, 5) is 0. The van der Waals surface area contributed by atoms with Crippen LogP contribution in [0.5, 0.6) is 5.75 Å². The molecule has 1 fully saturated rings. The molecule has 0 bridgehead atoms. The number of hydrogen-bond donors (Lipinski definition) is 1. The third-order valence-electron chi connectivity index (χ3n) is 3.80. The van der Waals surface area contributed by atoms with Crippen LogP contribution in [0.1, 0.15) is 57.6 Å².